The van der Waals surface area contributed by atoms with Crippen LogP contribution in [-0.4, -0.2) is 99.6 Å². The van der Waals surface area contributed by atoms with E-state index >= 15 is 0 Å². The summed E-state index contributed by atoms with van der Waals surface area (Å²) in [5.41, 5.74) is 0. The monoisotopic (exact) mass is 1070 g/mol. The van der Waals surface area contributed by atoms with Crippen LogP contribution in [0.5, 0.6) is 0 Å². The molecule has 0 saturated carbocycles. The summed E-state index contributed by atoms with van der Waals surface area (Å²) in [5.74, 6) is -1.18. The Labute approximate surface area is 461 Å². The van der Waals surface area contributed by atoms with Gasteiger partial charge in [-0.05, 0) is 25.7 Å². The van der Waals surface area contributed by atoms with E-state index in [-0.39, 0.29) is 13.0 Å². The van der Waals surface area contributed by atoms with Crippen molar-refractivity contribution in [3.05, 3.63) is 12.2 Å². The van der Waals surface area contributed by atoms with Gasteiger partial charge < -0.3 is 45.1 Å². The van der Waals surface area contributed by atoms with Gasteiger partial charge in [0.1, 0.15) is 24.4 Å². The number of hydrogen-bond donors (Lipinski definition) is 6. The molecule has 11 nitrogen and oxygen atoms in total. The maximum atomic E-state index is 13.4. The number of allylic oxidation sites excluding steroid dienone is 1. The molecular weight excluding hydrogens is 943 g/mol. The maximum absolute atomic E-state index is 13.4. The quantitative estimate of drug-likeness (QED) is 0.0195. The molecule has 8 unspecified atom stereocenters. The number of ether oxygens (including phenoxy) is 3. The predicted octanol–water partition coefficient (Wildman–Crippen LogP) is 15.5. The van der Waals surface area contributed by atoms with Crippen LogP contribution in [0.25, 0.3) is 0 Å². The number of nitrogens with one attached hydrogen (secondary N) is 1. The summed E-state index contributed by atoms with van der Waals surface area (Å²) in [4.78, 5) is 26.5. The van der Waals surface area contributed by atoms with Gasteiger partial charge in [0.25, 0.3) is 0 Å². The highest BCUT2D eigenvalue weighted by Gasteiger charge is 2.47. The van der Waals surface area contributed by atoms with Crippen LogP contribution in [0.2, 0.25) is 0 Å². The third-order valence-electron chi connectivity index (χ3n) is 15.7. The van der Waals surface area contributed by atoms with Crippen molar-refractivity contribution < 1.29 is 49.3 Å². The van der Waals surface area contributed by atoms with Crippen molar-refractivity contribution in [2.45, 2.75) is 372 Å². The lowest BCUT2D eigenvalue weighted by Gasteiger charge is -2.41. The average Bonchev–Trinajstić information content (AvgIpc) is 3.41. The molecule has 1 fully saturated rings. The molecule has 1 aliphatic heterocycles. The molecule has 1 rings (SSSR count). The normalized spacial score (nSPS) is 19.2. The molecule has 0 aromatic carbocycles. The molecule has 0 spiro atoms. The zero-order valence-corrected chi connectivity index (χ0v) is 49.2. The molecular formula is C64H123NO10. The molecule has 1 aliphatic rings. The van der Waals surface area contributed by atoms with Crippen molar-refractivity contribution in [2.75, 3.05) is 13.2 Å². The first-order valence-electron chi connectivity index (χ1n) is 32.5. The van der Waals surface area contributed by atoms with E-state index < -0.39 is 67.4 Å². The van der Waals surface area contributed by atoms with Crippen LogP contribution in [0.1, 0.15) is 323 Å². The minimum Gasteiger partial charge on any atom is -0.454 e. The zero-order chi connectivity index (χ0) is 54.7. The summed E-state index contributed by atoms with van der Waals surface area (Å²) in [7, 11) is 0. The lowest BCUT2D eigenvalue weighted by Crippen LogP contribution is -2.61. The second-order valence-corrected chi connectivity index (χ2v) is 22.9. The first-order valence-corrected chi connectivity index (χ1v) is 32.5. The Bertz CT molecular complexity index is 1270. The Morgan fingerprint density at radius 2 is 0.867 bits per heavy atom. The highest BCUT2D eigenvalue weighted by molar-refractivity contribution is 5.80. The van der Waals surface area contributed by atoms with Gasteiger partial charge in [-0.2, -0.15) is 0 Å². The van der Waals surface area contributed by atoms with Gasteiger partial charge in [0, 0.05) is 6.42 Å². The largest absolute Gasteiger partial charge is 0.454 e. The van der Waals surface area contributed by atoms with Gasteiger partial charge in [-0.25, -0.2) is 0 Å². The number of hydrogen-bond acceptors (Lipinski definition) is 10. The van der Waals surface area contributed by atoms with Crippen LogP contribution in [0.4, 0.5) is 0 Å². The van der Waals surface area contributed by atoms with Gasteiger partial charge in [-0.15, -0.1) is 0 Å². The van der Waals surface area contributed by atoms with Crippen LogP contribution in [0.3, 0.4) is 0 Å². The number of rotatable bonds is 56. The van der Waals surface area contributed by atoms with Crippen molar-refractivity contribution in [2.24, 2.45) is 0 Å². The van der Waals surface area contributed by atoms with Crippen molar-refractivity contribution in [3.63, 3.8) is 0 Å². The maximum Gasteiger partial charge on any atom is 0.306 e. The van der Waals surface area contributed by atoms with Gasteiger partial charge >= 0.3 is 5.97 Å². The minimum absolute atomic E-state index is 0.132. The van der Waals surface area contributed by atoms with E-state index in [4.69, 9.17) is 14.2 Å². The van der Waals surface area contributed by atoms with Gasteiger partial charge in [-0.1, -0.05) is 303 Å². The van der Waals surface area contributed by atoms with Gasteiger partial charge in [-0.3, -0.25) is 9.59 Å². The van der Waals surface area contributed by atoms with E-state index in [1.54, 1.807) is 6.08 Å². The summed E-state index contributed by atoms with van der Waals surface area (Å²) in [6.07, 6.45) is 49.7. The lowest BCUT2D eigenvalue weighted by atomic mass is 9.99. The predicted molar refractivity (Wildman–Crippen MR) is 311 cm³/mol. The van der Waals surface area contributed by atoms with E-state index in [1.165, 1.54) is 218 Å². The highest BCUT2D eigenvalue weighted by Crippen LogP contribution is 2.26. The summed E-state index contributed by atoms with van der Waals surface area (Å²) < 4.78 is 17.7. The van der Waals surface area contributed by atoms with Crippen LogP contribution in [-0.2, 0) is 23.8 Å². The Morgan fingerprint density at radius 1 is 0.507 bits per heavy atom. The molecule has 444 valence electrons. The molecule has 8 atom stereocenters. The molecule has 6 N–H and O–H groups in total. The fourth-order valence-electron chi connectivity index (χ4n) is 10.5. The summed E-state index contributed by atoms with van der Waals surface area (Å²) in [6.45, 7) is 5.83. The third kappa shape index (κ3) is 41.1. The molecule has 1 heterocycles. The van der Waals surface area contributed by atoms with E-state index in [0.29, 0.717) is 19.3 Å². The number of unbranched alkanes of at least 4 members (excludes halogenated alkanes) is 42. The number of esters is 1. The zero-order valence-electron chi connectivity index (χ0n) is 49.2. The highest BCUT2D eigenvalue weighted by atomic mass is 16.7. The Hall–Kier alpha value is -1.60. The van der Waals surface area contributed by atoms with E-state index in [9.17, 15) is 35.1 Å². The van der Waals surface area contributed by atoms with Gasteiger partial charge in [0.15, 0.2) is 12.4 Å². The first kappa shape index (κ1) is 71.4. The number of carbonyl (C=O) groups excluding carboxylic acids is 2. The summed E-state index contributed by atoms with van der Waals surface area (Å²) in [6, 6.07) is -1.02. The number of aliphatic hydroxyl groups is 5. The van der Waals surface area contributed by atoms with Gasteiger partial charge in [0.05, 0.1) is 25.4 Å². The molecule has 0 aromatic rings. The Morgan fingerprint density at radius 3 is 1.25 bits per heavy atom. The number of aliphatic hydroxyl groups excluding tert-OH is 5. The van der Waals surface area contributed by atoms with Crippen molar-refractivity contribution in [3.8, 4) is 0 Å². The average molecular weight is 1070 g/mol. The van der Waals surface area contributed by atoms with Crippen molar-refractivity contribution in [1.82, 2.24) is 5.32 Å². The van der Waals surface area contributed by atoms with Gasteiger partial charge in [0.2, 0.25) is 5.91 Å². The molecule has 75 heavy (non-hydrogen) atoms. The third-order valence-corrected chi connectivity index (χ3v) is 15.7. The van der Waals surface area contributed by atoms with Crippen LogP contribution in [0, 0.1) is 0 Å². The SMILES string of the molecule is CCCCCCCCCCCCC/C=C/C(O)C(COC1OC(CO)C(O)C(O)C1OC(=O)CCCCCCCCCCCCCCCCCCCCCCC)NC(=O)C(O)CCCCCCCCCCCCCC. The lowest BCUT2D eigenvalue weighted by molar-refractivity contribution is -0.305. The molecule has 0 aromatic heterocycles. The minimum atomic E-state index is -1.61. The first-order chi connectivity index (χ1) is 36.7. The fraction of sp³-hybridized carbons (Fsp3) is 0.938. The van der Waals surface area contributed by atoms with Crippen molar-refractivity contribution >= 4 is 11.9 Å². The smallest absolute Gasteiger partial charge is 0.306 e. The number of carbonyl (C=O) groups is 2. The second kappa shape index (κ2) is 53.1. The van der Waals surface area contributed by atoms with E-state index in [0.717, 1.165) is 57.8 Å². The molecule has 0 bridgehead atoms. The molecule has 11 heteroatoms. The van der Waals surface area contributed by atoms with Crippen LogP contribution in [0.15, 0.2) is 12.2 Å². The van der Waals surface area contributed by atoms with E-state index in [1.807, 2.05) is 6.08 Å². The Balaban J connectivity index is 2.61. The van der Waals surface area contributed by atoms with Crippen molar-refractivity contribution in [1.29, 1.82) is 0 Å². The van der Waals surface area contributed by atoms with E-state index in [2.05, 4.69) is 26.1 Å². The fourth-order valence-corrected chi connectivity index (χ4v) is 10.5. The molecule has 0 radical (unpaired) electrons. The molecule has 0 aliphatic carbocycles. The molecule has 1 amide bonds. The standard InChI is InChI=1S/C64H123NO10/c1-4-7-10-13-16-19-22-25-26-27-28-29-30-31-32-34-37-40-43-46-49-52-59(69)75-62-61(71)60(70)58(53-66)74-64(62)73-54-55(56(67)50-47-44-41-38-36-33-23-20-17-14-11-8-5-2)65-63(72)57(68)51-48-45-42-39-35-24-21-18-15-12-9-6-3/h47,50,55-58,60-62,64,66-68,70-71H,4-46,48-49,51-54H2,1-3H3,(H,65,72)/b50-47+. The number of amides is 1. The molecule has 1 saturated heterocycles. The van der Waals surface area contributed by atoms with Crippen LogP contribution >= 0.6 is 0 Å². The second-order valence-electron chi connectivity index (χ2n) is 22.9. The topological polar surface area (TPSA) is 175 Å². The summed E-state index contributed by atoms with van der Waals surface area (Å²) in [5, 5.41) is 57.0. The summed E-state index contributed by atoms with van der Waals surface area (Å²) >= 11 is 0. The Kier molecular flexibility index (Phi) is 50.5. The van der Waals surface area contributed by atoms with Crippen LogP contribution < -0.4 is 5.32 Å².